The first-order valence-electron chi connectivity index (χ1n) is 7.57. The van der Waals surface area contributed by atoms with Crippen LogP contribution in [0.4, 0.5) is 0 Å². The lowest BCUT2D eigenvalue weighted by Crippen LogP contribution is -2.42. The number of hydrogen-bond donors (Lipinski definition) is 2. The summed E-state index contributed by atoms with van der Waals surface area (Å²) >= 11 is 0. The molecule has 1 saturated heterocycles. The Morgan fingerprint density at radius 2 is 2.18 bits per heavy atom. The molecule has 1 aliphatic rings. The second-order valence-corrected chi connectivity index (χ2v) is 5.49. The SMILES string of the molecule is CCNC(=O)[C@@H]1C[C@@H](N)CN1Cc1cccc(OC)c1OC. The van der Waals surface area contributed by atoms with E-state index in [0.29, 0.717) is 37.6 Å². The van der Waals surface area contributed by atoms with Crippen molar-refractivity contribution in [1.29, 1.82) is 0 Å². The molecule has 3 N–H and O–H groups in total. The summed E-state index contributed by atoms with van der Waals surface area (Å²) in [6.07, 6.45) is 0.679. The summed E-state index contributed by atoms with van der Waals surface area (Å²) in [4.78, 5) is 14.3. The van der Waals surface area contributed by atoms with Crippen molar-refractivity contribution in [2.75, 3.05) is 27.3 Å². The van der Waals surface area contributed by atoms with E-state index >= 15 is 0 Å². The third-order valence-corrected chi connectivity index (χ3v) is 3.95. The Morgan fingerprint density at radius 3 is 2.82 bits per heavy atom. The average molecular weight is 307 g/mol. The number of nitrogens with zero attached hydrogens (tertiary/aromatic N) is 1. The first-order chi connectivity index (χ1) is 10.6. The zero-order valence-electron chi connectivity index (χ0n) is 13.5. The normalized spacial score (nSPS) is 21.6. The minimum absolute atomic E-state index is 0.0178. The van der Waals surface area contributed by atoms with Crippen LogP contribution in [0.5, 0.6) is 11.5 Å². The molecular formula is C16H25N3O3. The molecular weight excluding hydrogens is 282 g/mol. The topological polar surface area (TPSA) is 76.8 Å². The maximum Gasteiger partial charge on any atom is 0.237 e. The van der Waals surface area contributed by atoms with Gasteiger partial charge in [-0.15, -0.1) is 0 Å². The molecule has 0 spiro atoms. The van der Waals surface area contributed by atoms with Crippen LogP contribution in [0.2, 0.25) is 0 Å². The van der Waals surface area contributed by atoms with Crippen molar-refractivity contribution in [3.63, 3.8) is 0 Å². The van der Waals surface area contributed by atoms with Gasteiger partial charge in [0.2, 0.25) is 5.91 Å². The van der Waals surface area contributed by atoms with Gasteiger partial charge in [0.25, 0.3) is 0 Å². The van der Waals surface area contributed by atoms with Crippen LogP contribution >= 0.6 is 0 Å². The molecule has 1 amide bonds. The first kappa shape index (κ1) is 16.6. The van der Waals surface area contributed by atoms with Crippen LogP contribution < -0.4 is 20.5 Å². The molecule has 2 rings (SSSR count). The number of rotatable bonds is 6. The van der Waals surface area contributed by atoms with Gasteiger partial charge in [-0.25, -0.2) is 0 Å². The molecule has 1 aliphatic heterocycles. The standard InChI is InChI=1S/C16H25N3O3/c1-4-18-16(20)13-8-12(17)10-19(13)9-11-6-5-7-14(21-2)15(11)22-3/h5-7,12-13H,4,8-10,17H2,1-3H3,(H,18,20)/t12-,13+/m1/s1. The number of nitrogens with two attached hydrogens (primary N) is 1. The van der Waals surface area contributed by atoms with Gasteiger partial charge >= 0.3 is 0 Å². The van der Waals surface area contributed by atoms with Crippen molar-refractivity contribution >= 4 is 5.91 Å². The molecule has 0 bridgehead atoms. The summed E-state index contributed by atoms with van der Waals surface area (Å²) in [6.45, 7) is 3.85. The lowest BCUT2D eigenvalue weighted by molar-refractivity contribution is -0.125. The predicted octanol–water partition coefficient (Wildman–Crippen LogP) is 0.742. The van der Waals surface area contributed by atoms with Gasteiger partial charge in [-0.2, -0.15) is 0 Å². The predicted molar refractivity (Wildman–Crippen MR) is 85.0 cm³/mol. The number of hydrogen-bond acceptors (Lipinski definition) is 5. The molecule has 0 saturated carbocycles. The molecule has 0 radical (unpaired) electrons. The van der Waals surface area contributed by atoms with E-state index in [1.807, 2.05) is 25.1 Å². The Kier molecular flexibility index (Phi) is 5.63. The van der Waals surface area contributed by atoms with Crippen LogP contribution in [0.3, 0.4) is 0 Å². The summed E-state index contributed by atoms with van der Waals surface area (Å²) in [6, 6.07) is 5.60. The van der Waals surface area contributed by atoms with Crippen molar-refractivity contribution in [3.8, 4) is 11.5 Å². The Morgan fingerprint density at radius 1 is 1.41 bits per heavy atom. The van der Waals surface area contributed by atoms with E-state index in [4.69, 9.17) is 15.2 Å². The zero-order chi connectivity index (χ0) is 16.1. The molecule has 6 nitrogen and oxygen atoms in total. The fourth-order valence-electron chi connectivity index (χ4n) is 2.98. The minimum atomic E-state index is -0.189. The Bertz CT molecular complexity index is 521. The molecule has 0 aliphatic carbocycles. The number of para-hydroxylation sites is 1. The van der Waals surface area contributed by atoms with Crippen LogP contribution in [0, 0.1) is 0 Å². The molecule has 22 heavy (non-hydrogen) atoms. The van der Waals surface area contributed by atoms with Crippen molar-refractivity contribution in [2.45, 2.75) is 32.0 Å². The van der Waals surface area contributed by atoms with Gasteiger partial charge in [0.15, 0.2) is 11.5 Å². The van der Waals surface area contributed by atoms with Gasteiger partial charge in [-0.3, -0.25) is 9.69 Å². The molecule has 122 valence electrons. The van der Waals surface area contributed by atoms with E-state index in [-0.39, 0.29) is 18.0 Å². The van der Waals surface area contributed by atoms with E-state index in [9.17, 15) is 4.79 Å². The number of benzene rings is 1. The van der Waals surface area contributed by atoms with Crippen molar-refractivity contribution in [2.24, 2.45) is 5.73 Å². The van der Waals surface area contributed by atoms with Crippen molar-refractivity contribution < 1.29 is 14.3 Å². The summed E-state index contributed by atoms with van der Waals surface area (Å²) in [5.41, 5.74) is 7.04. The number of ether oxygens (including phenoxy) is 2. The smallest absolute Gasteiger partial charge is 0.237 e. The Labute approximate surface area is 131 Å². The number of carbonyl (C=O) groups is 1. The summed E-state index contributed by atoms with van der Waals surface area (Å²) in [5.74, 6) is 1.44. The molecule has 6 heteroatoms. The van der Waals surface area contributed by atoms with E-state index in [0.717, 1.165) is 5.56 Å². The van der Waals surface area contributed by atoms with Gasteiger partial charge in [-0.05, 0) is 19.4 Å². The third-order valence-electron chi connectivity index (χ3n) is 3.95. The van der Waals surface area contributed by atoms with Gasteiger partial charge < -0.3 is 20.5 Å². The number of amides is 1. The second-order valence-electron chi connectivity index (χ2n) is 5.49. The molecule has 1 heterocycles. The van der Waals surface area contributed by atoms with Crippen molar-refractivity contribution in [1.82, 2.24) is 10.2 Å². The molecule has 0 unspecified atom stereocenters. The van der Waals surface area contributed by atoms with E-state index < -0.39 is 0 Å². The van der Waals surface area contributed by atoms with Gasteiger partial charge in [0.1, 0.15) is 0 Å². The van der Waals surface area contributed by atoms with Crippen LogP contribution in [-0.2, 0) is 11.3 Å². The molecule has 1 aromatic carbocycles. The average Bonchev–Trinajstić information content (AvgIpc) is 2.88. The zero-order valence-corrected chi connectivity index (χ0v) is 13.5. The van der Waals surface area contributed by atoms with E-state index in [2.05, 4.69) is 10.2 Å². The quantitative estimate of drug-likeness (QED) is 0.811. The largest absolute Gasteiger partial charge is 0.493 e. The van der Waals surface area contributed by atoms with E-state index in [1.54, 1.807) is 14.2 Å². The van der Waals surface area contributed by atoms with Crippen LogP contribution in [0.25, 0.3) is 0 Å². The monoisotopic (exact) mass is 307 g/mol. The summed E-state index contributed by atoms with van der Waals surface area (Å²) in [7, 11) is 3.24. The summed E-state index contributed by atoms with van der Waals surface area (Å²) in [5, 5.41) is 2.88. The van der Waals surface area contributed by atoms with Crippen LogP contribution in [0.15, 0.2) is 18.2 Å². The van der Waals surface area contributed by atoms with Crippen LogP contribution in [0.1, 0.15) is 18.9 Å². The van der Waals surface area contributed by atoms with E-state index in [1.165, 1.54) is 0 Å². The summed E-state index contributed by atoms with van der Waals surface area (Å²) < 4.78 is 10.8. The lowest BCUT2D eigenvalue weighted by Gasteiger charge is -2.24. The second kappa shape index (κ2) is 7.47. The number of likely N-dealkylation sites (N-methyl/N-ethyl adjacent to an activating group) is 1. The first-order valence-corrected chi connectivity index (χ1v) is 7.57. The molecule has 0 aromatic heterocycles. The fraction of sp³-hybridized carbons (Fsp3) is 0.562. The molecule has 2 atom stereocenters. The highest BCUT2D eigenvalue weighted by Gasteiger charge is 2.35. The highest BCUT2D eigenvalue weighted by molar-refractivity contribution is 5.82. The highest BCUT2D eigenvalue weighted by Crippen LogP contribution is 2.32. The molecule has 1 fully saturated rings. The maximum absolute atomic E-state index is 12.2. The fourth-order valence-corrected chi connectivity index (χ4v) is 2.98. The number of likely N-dealkylation sites (tertiary alicyclic amines) is 1. The number of carbonyl (C=O) groups excluding carboxylic acids is 1. The van der Waals surface area contributed by atoms with Gasteiger partial charge in [-0.1, -0.05) is 12.1 Å². The number of nitrogens with one attached hydrogen (secondary N) is 1. The van der Waals surface area contributed by atoms with Crippen molar-refractivity contribution in [3.05, 3.63) is 23.8 Å². The van der Waals surface area contributed by atoms with Crippen LogP contribution in [-0.4, -0.2) is 50.2 Å². The van der Waals surface area contributed by atoms with Gasteiger partial charge in [0.05, 0.1) is 20.3 Å². The third kappa shape index (κ3) is 3.51. The Hall–Kier alpha value is -1.79. The maximum atomic E-state index is 12.2. The lowest BCUT2D eigenvalue weighted by atomic mass is 10.1. The molecule has 1 aromatic rings. The Balaban J connectivity index is 2.19. The minimum Gasteiger partial charge on any atom is -0.493 e. The van der Waals surface area contributed by atoms with Gasteiger partial charge in [0, 0.05) is 31.2 Å². The number of methoxy groups -OCH3 is 2. The highest BCUT2D eigenvalue weighted by atomic mass is 16.5.